The Hall–Kier alpha value is -4.10. The number of likely N-dealkylation sites (N-methyl/N-ethyl adjacent to an activating group) is 1. The van der Waals surface area contributed by atoms with Crippen LogP contribution >= 0.6 is 0 Å². The highest BCUT2D eigenvalue weighted by atomic mass is 32.2. The molecule has 1 aliphatic heterocycles. The van der Waals surface area contributed by atoms with Gasteiger partial charge in [-0.1, -0.05) is 35.8 Å². The van der Waals surface area contributed by atoms with Gasteiger partial charge in [-0.3, -0.25) is 9.52 Å². The number of benzene rings is 2. The summed E-state index contributed by atoms with van der Waals surface area (Å²) in [5.74, 6) is -0.203. The molecule has 4 rings (SSSR count). The van der Waals surface area contributed by atoms with Gasteiger partial charge in [-0.2, -0.15) is 0 Å². The fraction of sp³-hybridized carbons (Fsp3) is 0.414. The summed E-state index contributed by atoms with van der Waals surface area (Å²) in [6, 6.07) is 10.1. The number of aliphatic hydroxyl groups is 1. The van der Waals surface area contributed by atoms with Crippen molar-refractivity contribution >= 4 is 33.3 Å². The molecule has 0 unspecified atom stereocenters. The maximum Gasteiger partial charge on any atom is 0.321 e. The molecule has 0 aliphatic carbocycles. The Labute approximate surface area is 245 Å². The summed E-state index contributed by atoms with van der Waals surface area (Å²) >= 11 is 0. The summed E-state index contributed by atoms with van der Waals surface area (Å²) in [7, 11) is -2.42. The van der Waals surface area contributed by atoms with Crippen molar-refractivity contribution in [1.29, 1.82) is 0 Å². The van der Waals surface area contributed by atoms with Crippen LogP contribution in [-0.2, 0) is 10.0 Å². The van der Waals surface area contributed by atoms with Gasteiger partial charge in [-0.15, -0.1) is 0 Å². The Balaban J connectivity index is 1.70. The maximum absolute atomic E-state index is 13.7. The number of amides is 3. The SMILES string of the molecule is Cc1ccc(S(=O)(=O)Nc2cccc3c2O[C@@H](CN(C)C(=O)Nc2c(C)noc2C)[C@H](C)CN([C@H](C)CO)C3=O)cc1. The molecule has 0 saturated heterocycles. The van der Waals surface area contributed by atoms with Crippen molar-refractivity contribution in [3.8, 4) is 5.75 Å². The van der Waals surface area contributed by atoms with Crippen molar-refractivity contribution in [3.05, 3.63) is 65.0 Å². The molecule has 0 saturated carbocycles. The number of aryl methyl sites for hydroxylation is 3. The zero-order valence-corrected chi connectivity index (χ0v) is 25.4. The van der Waals surface area contributed by atoms with Crippen LogP contribution in [0.1, 0.15) is 41.2 Å². The first-order chi connectivity index (χ1) is 19.8. The summed E-state index contributed by atoms with van der Waals surface area (Å²) in [4.78, 5) is 29.8. The van der Waals surface area contributed by atoms with E-state index in [9.17, 15) is 23.1 Å². The average Bonchev–Trinajstić information content (AvgIpc) is 3.26. The topological polar surface area (TPSA) is 154 Å². The molecule has 0 spiro atoms. The Morgan fingerprint density at radius 2 is 1.88 bits per heavy atom. The molecule has 0 fully saturated rings. The van der Waals surface area contributed by atoms with Crippen LogP contribution in [0.15, 0.2) is 51.9 Å². The highest BCUT2D eigenvalue weighted by Gasteiger charge is 2.35. The fourth-order valence-electron chi connectivity index (χ4n) is 4.68. The van der Waals surface area contributed by atoms with Crippen molar-refractivity contribution in [2.24, 2.45) is 5.92 Å². The number of fused-ring (bicyclic) bond motifs is 1. The van der Waals surface area contributed by atoms with Gasteiger partial charge in [0.2, 0.25) is 0 Å². The molecule has 2 aromatic carbocycles. The van der Waals surface area contributed by atoms with Crippen molar-refractivity contribution < 1.29 is 32.4 Å². The number of carbonyl (C=O) groups is 2. The summed E-state index contributed by atoms with van der Waals surface area (Å²) in [6.07, 6.45) is -0.657. The number of rotatable bonds is 8. The number of ether oxygens (including phenoxy) is 1. The van der Waals surface area contributed by atoms with Gasteiger partial charge in [0.25, 0.3) is 15.9 Å². The smallest absolute Gasteiger partial charge is 0.321 e. The fourth-order valence-corrected chi connectivity index (χ4v) is 5.74. The average molecular weight is 600 g/mol. The molecule has 3 N–H and O–H groups in total. The summed E-state index contributed by atoms with van der Waals surface area (Å²) < 4.78 is 40.7. The summed E-state index contributed by atoms with van der Waals surface area (Å²) in [5, 5.41) is 16.6. The molecule has 0 radical (unpaired) electrons. The Bertz CT molecular complexity index is 1540. The molecule has 2 heterocycles. The first-order valence-corrected chi connectivity index (χ1v) is 15.1. The molecule has 3 atom stereocenters. The lowest BCUT2D eigenvalue weighted by Gasteiger charge is -2.38. The van der Waals surface area contributed by atoms with Gasteiger partial charge in [0, 0.05) is 19.5 Å². The molecule has 226 valence electrons. The zero-order valence-electron chi connectivity index (χ0n) is 24.5. The number of hydrogen-bond donors (Lipinski definition) is 3. The van der Waals surface area contributed by atoms with Crippen molar-refractivity contribution in [3.63, 3.8) is 0 Å². The summed E-state index contributed by atoms with van der Waals surface area (Å²) in [5.41, 5.74) is 2.14. The third-order valence-electron chi connectivity index (χ3n) is 7.33. The lowest BCUT2D eigenvalue weighted by Crippen LogP contribution is -2.50. The quantitative estimate of drug-likeness (QED) is 0.353. The number of hydrogen-bond acceptors (Lipinski definition) is 8. The van der Waals surface area contributed by atoms with E-state index < -0.39 is 34.1 Å². The number of nitrogens with one attached hydrogen (secondary N) is 2. The zero-order chi connectivity index (χ0) is 30.8. The predicted octanol–water partition coefficient (Wildman–Crippen LogP) is 3.78. The highest BCUT2D eigenvalue weighted by Crippen LogP contribution is 2.36. The number of aromatic nitrogens is 1. The number of urea groups is 1. The van der Waals surface area contributed by atoms with Gasteiger partial charge in [0.1, 0.15) is 17.5 Å². The van der Waals surface area contributed by atoms with Crippen molar-refractivity contribution in [2.75, 3.05) is 36.8 Å². The molecule has 3 amide bonds. The second-order valence-electron chi connectivity index (χ2n) is 10.7. The Morgan fingerprint density at radius 1 is 1.19 bits per heavy atom. The molecule has 42 heavy (non-hydrogen) atoms. The number of anilines is 2. The van der Waals surface area contributed by atoms with Gasteiger partial charge in [0.05, 0.1) is 35.3 Å². The summed E-state index contributed by atoms with van der Waals surface area (Å²) in [6.45, 7) is 8.95. The lowest BCUT2D eigenvalue weighted by atomic mass is 9.99. The highest BCUT2D eigenvalue weighted by molar-refractivity contribution is 7.92. The predicted molar refractivity (Wildman–Crippen MR) is 157 cm³/mol. The third-order valence-corrected chi connectivity index (χ3v) is 8.71. The molecule has 13 heteroatoms. The monoisotopic (exact) mass is 599 g/mol. The van der Waals surface area contributed by atoms with Crippen LogP contribution in [0.4, 0.5) is 16.2 Å². The van der Waals surface area contributed by atoms with E-state index in [1.807, 2.05) is 13.8 Å². The Morgan fingerprint density at radius 3 is 2.50 bits per heavy atom. The van der Waals surface area contributed by atoms with E-state index in [0.29, 0.717) is 17.1 Å². The first-order valence-electron chi connectivity index (χ1n) is 13.6. The molecular formula is C29H37N5O7S. The van der Waals surface area contributed by atoms with E-state index in [0.717, 1.165) is 5.56 Å². The van der Waals surface area contributed by atoms with Crippen LogP contribution in [0.25, 0.3) is 0 Å². The van der Waals surface area contributed by atoms with Gasteiger partial charge < -0.3 is 29.5 Å². The van der Waals surface area contributed by atoms with Crippen LogP contribution in [0, 0.1) is 26.7 Å². The van der Waals surface area contributed by atoms with Crippen LogP contribution in [0.5, 0.6) is 5.75 Å². The van der Waals surface area contributed by atoms with E-state index in [1.165, 1.54) is 23.1 Å². The minimum atomic E-state index is -4.03. The normalized spacial score (nSPS) is 17.9. The van der Waals surface area contributed by atoms with Crippen LogP contribution in [-0.4, -0.2) is 79.3 Å². The van der Waals surface area contributed by atoms with E-state index in [2.05, 4.69) is 15.2 Å². The number of sulfonamides is 1. The Kier molecular flexibility index (Phi) is 9.12. The lowest BCUT2D eigenvalue weighted by molar-refractivity contribution is 0.0373. The van der Waals surface area contributed by atoms with E-state index in [4.69, 9.17) is 9.26 Å². The van der Waals surface area contributed by atoms with Gasteiger partial charge in [0.15, 0.2) is 11.5 Å². The standard InChI is InChI=1S/C29H37N5O7S/c1-17-10-12-22(13-11-17)42(38,39)32-24-9-7-8-23-27(24)40-25(18(2)14-34(28(23)36)19(3)16-35)15-33(6)29(37)30-26-20(4)31-41-21(26)5/h7-13,18-19,25,32,35H,14-16H2,1-6H3,(H,30,37)/t18-,19-,25+/m1/s1. The van der Waals surface area contributed by atoms with Crippen LogP contribution in [0.2, 0.25) is 0 Å². The molecule has 1 aliphatic rings. The number of carbonyl (C=O) groups excluding carboxylic acids is 2. The van der Waals surface area contributed by atoms with E-state index >= 15 is 0 Å². The third kappa shape index (κ3) is 6.52. The van der Waals surface area contributed by atoms with Crippen LogP contribution < -0.4 is 14.8 Å². The molecular weight excluding hydrogens is 562 g/mol. The van der Waals surface area contributed by atoms with Gasteiger partial charge in [-0.05, 0) is 52.0 Å². The van der Waals surface area contributed by atoms with Crippen LogP contribution in [0.3, 0.4) is 0 Å². The van der Waals surface area contributed by atoms with Gasteiger partial charge >= 0.3 is 6.03 Å². The first kappa shape index (κ1) is 30.8. The van der Waals surface area contributed by atoms with E-state index in [1.54, 1.807) is 57.0 Å². The van der Waals surface area contributed by atoms with Crippen molar-refractivity contribution in [2.45, 2.75) is 51.7 Å². The van der Waals surface area contributed by atoms with Gasteiger partial charge in [-0.25, -0.2) is 13.2 Å². The second kappa shape index (κ2) is 12.4. The van der Waals surface area contributed by atoms with Crippen molar-refractivity contribution in [1.82, 2.24) is 15.0 Å². The molecule has 0 bridgehead atoms. The van der Waals surface area contributed by atoms with E-state index in [-0.39, 0.29) is 47.5 Å². The largest absolute Gasteiger partial charge is 0.485 e. The number of nitrogens with zero attached hydrogens (tertiary/aromatic N) is 3. The molecule has 3 aromatic rings. The maximum atomic E-state index is 13.7. The minimum Gasteiger partial charge on any atom is -0.485 e. The molecule has 12 nitrogen and oxygen atoms in total. The number of para-hydroxylation sites is 1. The number of aliphatic hydroxyl groups excluding tert-OH is 1. The molecule has 1 aromatic heterocycles. The minimum absolute atomic E-state index is 0.0457. The second-order valence-corrected chi connectivity index (χ2v) is 12.4.